The summed E-state index contributed by atoms with van der Waals surface area (Å²) in [5.74, 6) is 1.39. The van der Waals surface area contributed by atoms with Gasteiger partial charge in [-0.2, -0.15) is 0 Å². The number of hydrogen-bond acceptors (Lipinski definition) is 2. The Hall–Kier alpha value is -0.530. The van der Waals surface area contributed by atoms with E-state index < -0.39 is 0 Å². The first-order valence-electron chi connectivity index (χ1n) is 5.69. The van der Waals surface area contributed by atoms with E-state index in [-0.39, 0.29) is 12.1 Å². The van der Waals surface area contributed by atoms with Crippen LogP contribution in [0.15, 0.2) is 0 Å². The van der Waals surface area contributed by atoms with E-state index in [9.17, 15) is 4.79 Å². The molecule has 1 aliphatic heterocycles. The van der Waals surface area contributed by atoms with Gasteiger partial charge in [0.1, 0.15) is 0 Å². The molecule has 14 heavy (non-hydrogen) atoms. The van der Waals surface area contributed by atoms with Gasteiger partial charge in [0.25, 0.3) is 0 Å². The SMILES string of the molecule is CC(C)(C)C1CCC(C2OC2=O)CC1. The second-order valence-corrected chi connectivity index (χ2v) is 5.84. The Morgan fingerprint density at radius 3 is 2.00 bits per heavy atom. The molecule has 1 atom stereocenters. The summed E-state index contributed by atoms with van der Waals surface area (Å²) in [6, 6.07) is 0. The molecule has 2 fully saturated rings. The molecule has 1 aliphatic carbocycles. The molecular formula is C12H20O2. The smallest absolute Gasteiger partial charge is 0.348 e. The van der Waals surface area contributed by atoms with Crippen molar-refractivity contribution in [3.05, 3.63) is 0 Å². The van der Waals surface area contributed by atoms with Crippen LogP contribution in [0, 0.1) is 17.3 Å². The number of hydrogen-bond donors (Lipinski definition) is 0. The fraction of sp³-hybridized carbons (Fsp3) is 0.917. The minimum Gasteiger partial charge on any atom is -0.447 e. The molecule has 0 aromatic rings. The van der Waals surface area contributed by atoms with Gasteiger partial charge in [-0.15, -0.1) is 0 Å². The highest BCUT2D eigenvalue weighted by molar-refractivity contribution is 5.87. The average Bonchev–Trinajstić information content (AvgIpc) is 2.81. The van der Waals surface area contributed by atoms with Crippen LogP contribution in [0.1, 0.15) is 46.5 Å². The van der Waals surface area contributed by atoms with Gasteiger partial charge in [-0.25, -0.2) is 4.79 Å². The van der Waals surface area contributed by atoms with Crippen molar-refractivity contribution < 1.29 is 9.53 Å². The van der Waals surface area contributed by atoms with Gasteiger partial charge in [0, 0.05) is 5.92 Å². The highest BCUT2D eigenvalue weighted by atomic mass is 16.6. The molecular weight excluding hydrogens is 176 g/mol. The van der Waals surface area contributed by atoms with Crippen molar-refractivity contribution in [3.8, 4) is 0 Å². The van der Waals surface area contributed by atoms with Gasteiger partial charge in [0.05, 0.1) is 0 Å². The number of carbonyl (C=O) groups is 1. The molecule has 1 heterocycles. The molecule has 0 bridgehead atoms. The lowest BCUT2D eigenvalue weighted by Gasteiger charge is -2.36. The third kappa shape index (κ3) is 1.94. The Bertz CT molecular complexity index is 231. The molecule has 0 radical (unpaired) electrons. The quantitative estimate of drug-likeness (QED) is 0.603. The molecule has 1 saturated carbocycles. The maximum absolute atomic E-state index is 10.8. The van der Waals surface area contributed by atoms with Crippen LogP contribution in [0.4, 0.5) is 0 Å². The van der Waals surface area contributed by atoms with Crippen molar-refractivity contribution in [2.24, 2.45) is 17.3 Å². The summed E-state index contributed by atoms with van der Waals surface area (Å²) in [6.45, 7) is 6.95. The zero-order chi connectivity index (χ0) is 10.3. The molecule has 0 spiro atoms. The van der Waals surface area contributed by atoms with Crippen molar-refractivity contribution in [1.82, 2.24) is 0 Å². The van der Waals surface area contributed by atoms with Gasteiger partial charge in [0.15, 0.2) is 0 Å². The van der Waals surface area contributed by atoms with Crippen molar-refractivity contribution in [1.29, 1.82) is 0 Å². The van der Waals surface area contributed by atoms with Gasteiger partial charge >= 0.3 is 5.97 Å². The van der Waals surface area contributed by atoms with E-state index in [1.54, 1.807) is 0 Å². The van der Waals surface area contributed by atoms with Crippen molar-refractivity contribution in [2.75, 3.05) is 0 Å². The van der Waals surface area contributed by atoms with E-state index in [0.29, 0.717) is 11.3 Å². The Balaban J connectivity index is 1.83. The molecule has 80 valence electrons. The fourth-order valence-corrected chi connectivity index (χ4v) is 2.67. The van der Waals surface area contributed by atoms with E-state index in [4.69, 9.17) is 4.74 Å². The van der Waals surface area contributed by atoms with Crippen LogP contribution in [-0.4, -0.2) is 12.1 Å². The molecule has 2 heteroatoms. The first-order chi connectivity index (χ1) is 6.48. The number of epoxide rings is 1. The van der Waals surface area contributed by atoms with Crippen LogP contribution in [0.2, 0.25) is 0 Å². The highest BCUT2D eigenvalue weighted by Crippen LogP contribution is 2.43. The maximum Gasteiger partial charge on any atom is 0.348 e. The van der Waals surface area contributed by atoms with Crippen molar-refractivity contribution >= 4 is 5.97 Å². The van der Waals surface area contributed by atoms with Crippen molar-refractivity contribution in [2.45, 2.75) is 52.6 Å². The summed E-state index contributed by atoms with van der Waals surface area (Å²) < 4.78 is 4.94. The van der Waals surface area contributed by atoms with Crippen LogP contribution < -0.4 is 0 Å². The molecule has 1 saturated heterocycles. The lowest BCUT2D eigenvalue weighted by Crippen LogP contribution is -2.27. The third-order valence-corrected chi connectivity index (χ3v) is 3.84. The predicted octanol–water partition coefficient (Wildman–Crippen LogP) is 2.76. The Morgan fingerprint density at radius 2 is 1.64 bits per heavy atom. The summed E-state index contributed by atoms with van der Waals surface area (Å²) >= 11 is 0. The van der Waals surface area contributed by atoms with Crippen LogP contribution in [0.5, 0.6) is 0 Å². The zero-order valence-corrected chi connectivity index (χ0v) is 9.38. The number of carbonyl (C=O) groups excluding carboxylic acids is 1. The predicted molar refractivity (Wildman–Crippen MR) is 54.8 cm³/mol. The van der Waals surface area contributed by atoms with Gasteiger partial charge in [0.2, 0.25) is 6.10 Å². The van der Waals surface area contributed by atoms with Crippen LogP contribution in [0.25, 0.3) is 0 Å². The molecule has 0 aromatic heterocycles. The summed E-state index contributed by atoms with van der Waals surface area (Å²) in [4.78, 5) is 10.8. The Kier molecular flexibility index (Phi) is 2.32. The van der Waals surface area contributed by atoms with E-state index in [1.807, 2.05) is 0 Å². The molecule has 0 aromatic carbocycles. The van der Waals surface area contributed by atoms with E-state index in [0.717, 1.165) is 5.92 Å². The minimum absolute atomic E-state index is 0.0177. The molecule has 2 rings (SSSR count). The standard InChI is InChI=1S/C12H20O2/c1-12(2,3)9-6-4-8(5-7-9)10-11(13)14-10/h8-10H,4-7H2,1-3H3. The topological polar surface area (TPSA) is 29.6 Å². The van der Waals surface area contributed by atoms with Gasteiger partial charge < -0.3 is 4.74 Å². The summed E-state index contributed by atoms with van der Waals surface area (Å²) in [7, 11) is 0. The minimum atomic E-state index is -0.0177. The van der Waals surface area contributed by atoms with Crippen LogP contribution in [0.3, 0.4) is 0 Å². The molecule has 2 nitrogen and oxygen atoms in total. The number of ether oxygens (including phenoxy) is 1. The summed E-state index contributed by atoms with van der Waals surface area (Å²) in [6.07, 6.45) is 4.87. The normalized spacial score (nSPS) is 37.9. The lowest BCUT2D eigenvalue weighted by atomic mass is 9.69. The third-order valence-electron chi connectivity index (χ3n) is 3.84. The molecule has 2 aliphatic rings. The summed E-state index contributed by atoms with van der Waals surface area (Å²) in [5.41, 5.74) is 0.430. The van der Waals surface area contributed by atoms with Crippen LogP contribution in [-0.2, 0) is 9.53 Å². The van der Waals surface area contributed by atoms with Gasteiger partial charge in [-0.3, -0.25) is 0 Å². The lowest BCUT2D eigenvalue weighted by molar-refractivity contribution is -0.117. The first-order valence-corrected chi connectivity index (χ1v) is 5.69. The van der Waals surface area contributed by atoms with Crippen molar-refractivity contribution in [3.63, 3.8) is 0 Å². The number of cyclic esters (lactones) is 1. The van der Waals surface area contributed by atoms with Gasteiger partial charge in [-0.1, -0.05) is 20.8 Å². The Morgan fingerprint density at radius 1 is 1.14 bits per heavy atom. The maximum atomic E-state index is 10.8. The Labute approximate surface area is 86.0 Å². The zero-order valence-electron chi connectivity index (χ0n) is 9.38. The monoisotopic (exact) mass is 196 g/mol. The fourth-order valence-electron chi connectivity index (χ4n) is 2.67. The molecule has 0 N–H and O–H groups in total. The second-order valence-electron chi connectivity index (χ2n) is 5.84. The van der Waals surface area contributed by atoms with E-state index in [1.165, 1.54) is 25.7 Å². The molecule has 1 unspecified atom stereocenters. The second kappa shape index (κ2) is 3.25. The van der Waals surface area contributed by atoms with E-state index >= 15 is 0 Å². The van der Waals surface area contributed by atoms with Gasteiger partial charge in [-0.05, 0) is 37.0 Å². The number of rotatable bonds is 1. The first kappa shape index (κ1) is 10.0. The van der Waals surface area contributed by atoms with E-state index in [2.05, 4.69) is 20.8 Å². The summed E-state index contributed by atoms with van der Waals surface area (Å²) in [5, 5.41) is 0. The molecule has 0 amide bonds. The highest BCUT2D eigenvalue weighted by Gasteiger charge is 2.46. The van der Waals surface area contributed by atoms with Crippen LogP contribution >= 0.6 is 0 Å². The average molecular weight is 196 g/mol. The largest absolute Gasteiger partial charge is 0.447 e.